The van der Waals surface area contributed by atoms with Gasteiger partial charge in [0.2, 0.25) is 5.91 Å². The minimum absolute atomic E-state index is 0.0575. The van der Waals surface area contributed by atoms with Crippen LogP contribution in [-0.4, -0.2) is 12.5 Å². The molecule has 0 aliphatic rings. The van der Waals surface area contributed by atoms with Crippen molar-refractivity contribution in [1.82, 2.24) is 0 Å². The molecule has 0 saturated heterocycles. The average Bonchev–Trinajstić information content (AvgIpc) is 2.43. The monoisotopic (exact) mass is 310 g/mol. The van der Waals surface area contributed by atoms with Gasteiger partial charge in [0.15, 0.2) is 0 Å². The van der Waals surface area contributed by atoms with Crippen molar-refractivity contribution >= 4 is 28.9 Å². The molecule has 2 aromatic carbocycles. The summed E-state index contributed by atoms with van der Waals surface area (Å²) in [5.41, 5.74) is 1.68. The first kappa shape index (κ1) is 15.3. The van der Waals surface area contributed by atoms with Gasteiger partial charge in [0.1, 0.15) is 11.6 Å². The van der Waals surface area contributed by atoms with Crippen LogP contribution < -0.4 is 10.6 Å². The van der Waals surface area contributed by atoms with Gasteiger partial charge in [0, 0.05) is 5.69 Å². The number of hydrogen-bond donors (Lipinski definition) is 2. The SMILES string of the molecule is Cc1ccc(F)cc1NCC(=O)Nc1ccc(F)cc1Cl. The number of carbonyl (C=O) groups is 1. The first-order chi connectivity index (χ1) is 9.95. The highest BCUT2D eigenvalue weighted by atomic mass is 35.5. The van der Waals surface area contributed by atoms with E-state index in [1.807, 2.05) is 0 Å². The summed E-state index contributed by atoms with van der Waals surface area (Å²) in [5, 5.41) is 5.50. The van der Waals surface area contributed by atoms with Gasteiger partial charge < -0.3 is 10.6 Å². The third-order valence-electron chi connectivity index (χ3n) is 2.84. The maximum absolute atomic E-state index is 13.1. The van der Waals surface area contributed by atoms with Crippen molar-refractivity contribution in [3.05, 3.63) is 58.6 Å². The second-order valence-electron chi connectivity index (χ2n) is 4.49. The van der Waals surface area contributed by atoms with Crippen molar-refractivity contribution in [2.75, 3.05) is 17.2 Å². The fourth-order valence-electron chi connectivity index (χ4n) is 1.75. The smallest absolute Gasteiger partial charge is 0.243 e. The Hall–Kier alpha value is -2.14. The van der Waals surface area contributed by atoms with Crippen LogP contribution in [0.4, 0.5) is 20.2 Å². The number of nitrogens with one attached hydrogen (secondary N) is 2. The molecule has 2 rings (SSSR count). The van der Waals surface area contributed by atoms with Crippen LogP contribution in [-0.2, 0) is 4.79 Å². The molecule has 1 amide bonds. The third-order valence-corrected chi connectivity index (χ3v) is 3.16. The Morgan fingerprint density at radius 1 is 1.10 bits per heavy atom. The minimum Gasteiger partial charge on any atom is -0.376 e. The first-order valence-electron chi connectivity index (χ1n) is 6.20. The largest absolute Gasteiger partial charge is 0.376 e. The molecule has 0 aliphatic carbocycles. The fraction of sp³-hybridized carbons (Fsp3) is 0.133. The second kappa shape index (κ2) is 6.54. The lowest BCUT2D eigenvalue weighted by Crippen LogP contribution is -2.22. The highest BCUT2D eigenvalue weighted by Gasteiger charge is 2.08. The molecule has 0 aromatic heterocycles. The van der Waals surface area contributed by atoms with Crippen LogP contribution in [0.1, 0.15) is 5.56 Å². The Kier molecular flexibility index (Phi) is 4.75. The summed E-state index contributed by atoms with van der Waals surface area (Å²) in [6.45, 7) is 1.74. The molecule has 21 heavy (non-hydrogen) atoms. The highest BCUT2D eigenvalue weighted by Crippen LogP contribution is 2.22. The van der Waals surface area contributed by atoms with E-state index in [1.165, 1.54) is 24.3 Å². The number of halogens is 3. The molecular weight excluding hydrogens is 298 g/mol. The molecule has 0 radical (unpaired) electrons. The van der Waals surface area contributed by atoms with E-state index in [1.54, 1.807) is 13.0 Å². The zero-order valence-corrected chi connectivity index (χ0v) is 12.0. The Morgan fingerprint density at radius 2 is 1.76 bits per heavy atom. The molecule has 110 valence electrons. The number of anilines is 2. The number of benzene rings is 2. The Morgan fingerprint density at radius 3 is 2.48 bits per heavy atom. The minimum atomic E-state index is -0.480. The summed E-state index contributed by atoms with van der Waals surface area (Å²) in [6.07, 6.45) is 0. The maximum Gasteiger partial charge on any atom is 0.243 e. The molecule has 0 bridgehead atoms. The summed E-state index contributed by atoms with van der Waals surface area (Å²) in [5.74, 6) is -1.23. The van der Waals surface area contributed by atoms with E-state index in [2.05, 4.69) is 10.6 Å². The highest BCUT2D eigenvalue weighted by molar-refractivity contribution is 6.33. The van der Waals surface area contributed by atoms with Gasteiger partial charge in [-0.05, 0) is 42.8 Å². The van der Waals surface area contributed by atoms with Gasteiger partial charge >= 0.3 is 0 Å². The topological polar surface area (TPSA) is 41.1 Å². The number of rotatable bonds is 4. The van der Waals surface area contributed by atoms with Crippen molar-refractivity contribution in [3.8, 4) is 0 Å². The lowest BCUT2D eigenvalue weighted by molar-refractivity contribution is -0.114. The number of aryl methyl sites for hydroxylation is 1. The lowest BCUT2D eigenvalue weighted by Gasteiger charge is -2.11. The fourth-order valence-corrected chi connectivity index (χ4v) is 1.96. The van der Waals surface area contributed by atoms with Crippen LogP contribution >= 0.6 is 11.6 Å². The predicted molar refractivity (Wildman–Crippen MR) is 79.7 cm³/mol. The van der Waals surface area contributed by atoms with Crippen molar-refractivity contribution < 1.29 is 13.6 Å². The first-order valence-corrected chi connectivity index (χ1v) is 6.58. The van der Waals surface area contributed by atoms with E-state index in [0.717, 1.165) is 11.6 Å². The van der Waals surface area contributed by atoms with Gasteiger partial charge in [0.05, 0.1) is 17.3 Å². The summed E-state index contributed by atoms with van der Waals surface area (Å²) in [7, 11) is 0. The molecule has 0 spiro atoms. The van der Waals surface area contributed by atoms with Gasteiger partial charge in [-0.3, -0.25) is 4.79 Å². The summed E-state index contributed by atoms with van der Waals surface area (Å²) in [6, 6.07) is 7.97. The van der Waals surface area contributed by atoms with Crippen molar-refractivity contribution in [1.29, 1.82) is 0 Å². The van der Waals surface area contributed by atoms with Crippen LogP contribution in [0.15, 0.2) is 36.4 Å². The normalized spacial score (nSPS) is 10.3. The van der Waals surface area contributed by atoms with Crippen LogP contribution in [0.5, 0.6) is 0 Å². The van der Waals surface area contributed by atoms with E-state index in [4.69, 9.17) is 11.6 Å². The summed E-state index contributed by atoms with van der Waals surface area (Å²) in [4.78, 5) is 11.8. The van der Waals surface area contributed by atoms with Gasteiger partial charge in [-0.15, -0.1) is 0 Å². The van der Waals surface area contributed by atoms with E-state index < -0.39 is 5.82 Å². The molecular formula is C15H13ClF2N2O. The Bertz CT molecular complexity index is 677. The van der Waals surface area contributed by atoms with E-state index >= 15 is 0 Å². The molecule has 0 heterocycles. The zero-order valence-electron chi connectivity index (χ0n) is 11.2. The molecule has 0 fully saturated rings. The Balaban J connectivity index is 1.97. The van der Waals surface area contributed by atoms with Crippen molar-refractivity contribution in [2.24, 2.45) is 0 Å². The van der Waals surface area contributed by atoms with Crippen molar-refractivity contribution in [2.45, 2.75) is 6.92 Å². The zero-order chi connectivity index (χ0) is 15.4. The lowest BCUT2D eigenvalue weighted by atomic mass is 10.2. The van der Waals surface area contributed by atoms with Gasteiger partial charge in [0.25, 0.3) is 0 Å². The number of hydrogen-bond acceptors (Lipinski definition) is 2. The quantitative estimate of drug-likeness (QED) is 0.897. The van der Waals surface area contributed by atoms with E-state index in [0.29, 0.717) is 11.4 Å². The average molecular weight is 311 g/mol. The molecule has 6 heteroatoms. The van der Waals surface area contributed by atoms with E-state index in [-0.39, 0.29) is 23.3 Å². The molecule has 2 aromatic rings. The molecule has 2 N–H and O–H groups in total. The van der Waals surface area contributed by atoms with Crippen LogP contribution in [0.2, 0.25) is 5.02 Å². The predicted octanol–water partition coefficient (Wildman–Crippen LogP) is 3.98. The van der Waals surface area contributed by atoms with Crippen LogP contribution in [0.25, 0.3) is 0 Å². The van der Waals surface area contributed by atoms with Crippen LogP contribution in [0.3, 0.4) is 0 Å². The maximum atomic E-state index is 13.1. The van der Waals surface area contributed by atoms with Gasteiger partial charge in [-0.1, -0.05) is 17.7 Å². The third kappa shape index (κ3) is 4.16. The van der Waals surface area contributed by atoms with Crippen LogP contribution in [0, 0.1) is 18.6 Å². The Labute approximate surface area is 125 Å². The molecule has 3 nitrogen and oxygen atoms in total. The molecule has 0 unspecified atom stereocenters. The molecule has 0 atom stereocenters. The molecule has 0 aliphatic heterocycles. The molecule has 0 saturated carbocycles. The summed E-state index contributed by atoms with van der Waals surface area (Å²) >= 11 is 5.81. The van der Waals surface area contributed by atoms with E-state index in [9.17, 15) is 13.6 Å². The standard InChI is InChI=1S/C15H13ClF2N2O/c1-9-2-3-11(18)7-14(9)19-8-15(21)20-13-5-4-10(17)6-12(13)16/h2-7,19H,8H2,1H3,(H,20,21). The van der Waals surface area contributed by atoms with Crippen molar-refractivity contribution in [3.63, 3.8) is 0 Å². The van der Waals surface area contributed by atoms with Gasteiger partial charge in [-0.2, -0.15) is 0 Å². The van der Waals surface area contributed by atoms with Gasteiger partial charge in [-0.25, -0.2) is 8.78 Å². The summed E-state index contributed by atoms with van der Waals surface area (Å²) < 4.78 is 26.0. The second-order valence-corrected chi connectivity index (χ2v) is 4.89. The number of carbonyl (C=O) groups excluding carboxylic acids is 1. The number of amides is 1.